The van der Waals surface area contributed by atoms with E-state index < -0.39 is 5.97 Å². The molecule has 42 heavy (non-hydrogen) atoms. The quantitative estimate of drug-likeness (QED) is 0.0698. The lowest BCUT2D eigenvalue weighted by atomic mass is 10.1. The number of hydrogen-bond donors (Lipinski definition) is 1. The van der Waals surface area contributed by atoms with Crippen LogP contribution in [-0.2, 0) is 9.59 Å². The Balaban J connectivity index is 1.39. The molecular weight excluding hydrogens is 583 g/mol. The number of aliphatic carboxylic acids is 1. The highest BCUT2D eigenvalue weighted by Gasteiger charge is 2.32. The van der Waals surface area contributed by atoms with Gasteiger partial charge in [0.15, 0.2) is 0 Å². The zero-order valence-electron chi connectivity index (χ0n) is 24.2. The highest BCUT2D eigenvalue weighted by Crippen LogP contribution is 2.35. The van der Waals surface area contributed by atoms with Crippen LogP contribution in [0, 0.1) is 0 Å². The summed E-state index contributed by atoms with van der Waals surface area (Å²) in [5, 5.41) is 13.6. The number of carbonyl (C=O) groups is 2. The monoisotopic (exact) mass is 621 g/mol. The fourth-order valence-electron chi connectivity index (χ4n) is 4.80. The first-order chi connectivity index (χ1) is 20.5. The second-order valence-electron chi connectivity index (χ2n) is 10.4. The largest absolute Gasteiger partial charge is 0.481 e. The number of aromatic nitrogens is 2. The van der Waals surface area contributed by atoms with Crippen LogP contribution < -0.4 is 0 Å². The van der Waals surface area contributed by atoms with Crippen LogP contribution in [0.1, 0.15) is 76.7 Å². The number of carbonyl (C=O) groups excluding carboxylic acids is 1. The fourth-order valence-corrected chi connectivity index (χ4v) is 6.87. The van der Waals surface area contributed by atoms with Gasteiger partial charge in [0.1, 0.15) is 4.32 Å². The van der Waals surface area contributed by atoms with E-state index in [9.17, 15) is 9.59 Å². The first-order valence-corrected chi connectivity index (χ1v) is 17.0. The minimum Gasteiger partial charge on any atom is -0.481 e. The van der Waals surface area contributed by atoms with Crippen molar-refractivity contribution in [2.45, 2.75) is 76.0 Å². The lowest BCUT2D eigenvalue weighted by Gasteiger charge is -2.14. The summed E-state index contributed by atoms with van der Waals surface area (Å²) in [5.74, 6) is 0.341. The number of rotatable bonds is 17. The lowest BCUT2D eigenvalue weighted by molar-refractivity contribution is -0.137. The molecule has 0 aliphatic carbocycles. The molecule has 2 heterocycles. The van der Waals surface area contributed by atoms with Crippen molar-refractivity contribution >= 4 is 58.0 Å². The Morgan fingerprint density at radius 3 is 2.31 bits per heavy atom. The smallest absolute Gasteiger partial charge is 0.303 e. The van der Waals surface area contributed by atoms with Gasteiger partial charge in [0.05, 0.1) is 16.3 Å². The van der Waals surface area contributed by atoms with Gasteiger partial charge in [0.25, 0.3) is 5.91 Å². The fraction of sp³-hybridized carbons (Fsp3) is 0.394. The predicted octanol–water partition coefficient (Wildman–Crippen LogP) is 8.84. The van der Waals surface area contributed by atoms with Crippen molar-refractivity contribution < 1.29 is 14.7 Å². The molecule has 1 amide bonds. The number of para-hydroxylation sites is 1. The maximum Gasteiger partial charge on any atom is 0.303 e. The van der Waals surface area contributed by atoms with Crippen LogP contribution in [0.3, 0.4) is 0 Å². The van der Waals surface area contributed by atoms with Gasteiger partial charge in [-0.1, -0.05) is 99.8 Å². The van der Waals surface area contributed by atoms with E-state index in [-0.39, 0.29) is 12.3 Å². The summed E-state index contributed by atoms with van der Waals surface area (Å²) in [7, 11) is 0. The van der Waals surface area contributed by atoms with Crippen LogP contribution in [-0.4, -0.2) is 48.3 Å². The molecule has 1 fully saturated rings. The summed E-state index contributed by atoms with van der Waals surface area (Å²) in [6.45, 7) is 2.82. The number of amides is 1. The van der Waals surface area contributed by atoms with E-state index in [0.717, 1.165) is 86.0 Å². The number of nitrogens with zero attached hydrogens (tertiary/aromatic N) is 3. The molecule has 1 saturated heterocycles. The molecule has 3 aromatic rings. The molecule has 1 aromatic heterocycles. The molecule has 1 aliphatic rings. The minimum atomic E-state index is -0.713. The molecule has 0 atom stereocenters. The third-order valence-corrected chi connectivity index (χ3v) is 9.64. The molecule has 1 aliphatic heterocycles. The number of carboxylic acids is 1. The molecule has 0 radical (unpaired) electrons. The van der Waals surface area contributed by atoms with Gasteiger partial charge < -0.3 is 5.11 Å². The Kier molecular flexibility index (Phi) is 12.7. The zero-order chi connectivity index (χ0) is 29.7. The molecule has 0 saturated carbocycles. The SMILES string of the molecule is CCCSc1ccc(-c2nn(-c3ccccc3)cc2/C=C2\SC(=S)N(CCCCCCCCCCC(=O)O)C2=O)cc1. The van der Waals surface area contributed by atoms with Crippen molar-refractivity contribution in [2.75, 3.05) is 12.3 Å². The summed E-state index contributed by atoms with van der Waals surface area (Å²) >= 11 is 8.82. The van der Waals surface area contributed by atoms with Crippen molar-refractivity contribution in [3.8, 4) is 16.9 Å². The van der Waals surface area contributed by atoms with Crippen molar-refractivity contribution in [2.24, 2.45) is 0 Å². The summed E-state index contributed by atoms with van der Waals surface area (Å²) in [6.07, 6.45) is 13.5. The lowest BCUT2D eigenvalue weighted by Crippen LogP contribution is -2.29. The topological polar surface area (TPSA) is 75.4 Å². The zero-order valence-corrected chi connectivity index (χ0v) is 26.6. The Hall–Kier alpha value is -2.88. The van der Waals surface area contributed by atoms with Crippen molar-refractivity contribution in [3.63, 3.8) is 0 Å². The van der Waals surface area contributed by atoms with E-state index in [1.165, 1.54) is 16.7 Å². The Morgan fingerprint density at radius 1 is 0.976 bits per heavy atom. The molecule has 4 rings (SSSR count). The van der Waals surface area contributed by atoms with E-state index >= 15 is 0 Å². The molecule has 1 N–H and O–H groups in total. The number of thioether (sulfide) groups is 2. The average Bonchev–Trinajstić information content (AvgIpc) is 3.53. The molecule has 0 bridgehead atoms. The standard InChI is InChI=1S/C33H39N3O3S3/c1-2-22-41-28-19-17-25(18-20-28)31-26(24-36(34-31)27-14-10-9-11-15-27)23-29-32(39)35(33(40)42-29)21-13-8-6-4-3-5-7-12-16-30(37)38/h9-11,14-15,17-20,23-24H,2-8,12-13,16,21-22H2,1H3,(H,37,38)/b29-23-. The summed E-state index contributed by atoms with van der Waals surface area (Å²) < 4.78 is 2.48. The summed E-state index contributed by atoms with van der Waals surface area (Å²) in [5.41, 5.74) is 3.69. The highest BCUT2D eigenvalue weighted by molar-refractivity contribution is 8.26. The first kappa shape index (κ1) is 32.0. The van der Waals surface area contributed by atoms with Crippen LogP contribution in [0.15, 0.2) is 70.6 Å². The van der Waals surface area contributed by atoms with Crippen molar-refractivity contribution in [1.29, 1.82) is 0 Å². The minimum absolute atomic E-state index is 0.0341. The molecule has 2 aromatic carbocycles. The Bertz CT molecular complexity index is 1370. The average molecular weight is 622 g/mol. The maximum absolute atomic E-state index is 13.4. The molecular formula is C33H39N3O3S3. The molecule has 222 valence electrons. The Morgan fingerprint density at radius 2 is 1.64 bits per heavy atom. The van der Waals surface area contributed by atoms with E-state index in [4.69, 9.17) is 22.4 Å². The van der Waals surface area contributed by atoms with Gasteiger partial charge in [-0.15, -0.1) is 11.8 Å². The van der Waals surface area contributed by atoms with Gasteiger partial charge in [-0.05, 0) is 55.4 Å². The van der Waals surface area contributed by atoms with Gasteiger partial charge in [-0.2, -0.15) is 5.10 Å². The normalized spacial score (nSPS) is 14.3. The van der Waals surface area contributed by atoms with Crippen molar-refractivity contribution in [1.82, 2.24) is 14.7 Å². The van der Waals surface area contributed by atoms with Crippen LogP contribution in [0.2, 0.25) is 0 Å². The maximum atomic E-state index is 13.4. The van der Waals surface area contributed by atoms with E-state index in [1.54, 1.807) is 4.90 Å². The number of carboxylic acid groups (broad SMARTS) is 1. The summed E-state index contributed by atoms with van der Waals surface area (Å²) in [4.78, 5) is 27.6. The third kappa shape index (κ3) is 9.31. The van der Waals surface area contributed by atoms with E-state index in [0.29, 0.717) is 15.8 Å². The van der Waals surface area contributed by atoms with E-state index in [2.05, 4.69) is 31.2 Å². The van der Waals surface area contributed by atoms with Crippen molar-refractivity contribution in [3.05, 3.63) is 71.3 Å². The van der Waals surface area contributed by atoms with Gasteiger partial charge in [-0.3, -0.25) is 14.5 Å². The second-order valence-corrected chi connectivity index (χ2v) is 13.2. The number of benzene rings is 2. The molecule has 9 heteroatoms. The predicted molar refractivity (Wildman–Crippen MR) is 179 cm³/mol. The van der Waals surface area contributed by atoms with Gasteiger partial charge in [0, 0.05) is 35.2 Å². The number of hydrogen-bond acceptors (Lipinski definition) is 6. The van der Waals surface area contributed by atoms with Crippen LogP contribution in [0.5, 0.6) is 0 Å². The van der Waals surface area contributed by atoms with Crippen LogP contribution in [0.25, 0.3) is 23.0 Å². The molecule has 0 unspecified atom stereocenters. The Labute approximate surface area is 263 Å². The van der Waals surface area contributed by atoms with E-state index in [1.807, 2.05) is 59.0 Å². The van der Waals surface area contributed by atoms with Gasteiger partial charge >= 0.3 is 5.97 Å². The first-order valence-electron chi connectivity index (χ1n) is 14.8. The number of unbranched alkanes of at least 4 members (excludes halogenated alkanes) is 7. The van der Waals surface area contributed by atoms with Crippen LogP contribution in [0.4, 0.5) is 0 Å². The summed E-state index contributed by atoms with van der Waals surface area (Å²) in [6, 6.07) is 18.5. The number of thiocarbonyl (C=S) groups is 1. The second kappa shape index (κ2) is 16.7. The van der Waals surface area contributed by atoms with Crippen LogP contribution >= 0.6 is 35.7 Å². The molecule has 0 spiro atoms. The molecule has 6 nitrogen and oxygen atoms in total. The third-order valence-electron chi connectivity index (χ3n) is 7.05. The highest BCUT2D eigenvalue weighted by atomic mass is 32.2. The van der Waals surface area contributed by atoms with Gasteiger partial charge in [0.2, 0.25) is 0 Å². The van der Waals surface area contributed by atoms with Gasteiger partial charge in [-0.25, -0.2) is 4.68 Å².